The van der Waals surface area contributed by atoms with Gasteiger partial charge in [-0.05, 0) is 24.3 Å². The van der Waals surface area contributed by atoms with Gasteiger partial charge in [0.25, 0.3) is 10.0 Å². The summed E-state index contributed by atoms with van der Waals surface area (Å²) in [5.41, 5.74) is 7.54. The molecule has 0 saturated carbocycles. The number of para-hydroxylation sites is 3. The van der Waals surface area contributed by atoms with Gasteiger partial charge in [-0.25, -0.2) is 17.8 Å². The monoisotopic (exact) mass is 405 g/mol. The van der Waals surface area contributed by atoms with Crippen LogP contribution in [0.15, 0.2) is 78.1 Å². The summed E-state index contributed by atoms with van der Waals surface area (Å²) in [6.45, 7) is 0. The Labute approximate surface area is 166 Å². The zero-order valence-corrected chi connectivity index (χ0v) is 15.8. The van der Waals surface area contributed by atoms with Crippen molar-refractivity contribution in [2.75, 3.05) is 10.5 Å². The van der Waals surface area contributed by atoms with Crippen LogP contribution in [0.4, 0.5) is 11.5 Å². The van der Waals surface area contributed by atoms with Crippen molar-refractivity contribution in [3.8, 4) is 17.4 Å². The molecule has 0 aliphatic rings. The van der Waals surface area contributed by atoms with E-state index < -0.39 is 10.0 Å². The zero-order valence-electron chi connectivity index (χ0n) is 15.0. The average molecular weight is 405 g/mol. The standard InChI is InChI=1S/C19H15N7O2S/c20-10-14-11-23-26(19(14)21)18-9-5-4-8-17(18)24-29(27,28)16-12-22-25(13-16)15-6-2-1-3-7-15/h1-9,11-13,24H,21H2. The minimum Gasteiger partial charge on any atom is -0.382 e. The lowest BCUT2D eigenvalue weighted by Crippen LogP contribution is -2.15. The zero-order chi connectivity index (χ0) is 20.4. The fourth-order valence-electron chi connectivity index (χ4n) is 2.75. The predicted molar refractivity (Wildman–Crippen MR) is 107 cm³/mol. The highest BCUT2D eigenvalue weighted by Gasteiger charge is 2.20. The number of nitrogen functional groups attached to an aromatic ring is 1. The number of nitriles is 1. The molecule has 0 amide bonds. The summed E-state index contributed by atoms with van der Waals surface area (Å²) in [6, 6.07) is 17.7. The first-order chi connectivity index (χ1) is 14.0. The van der Waals surface area contributed by atoms with Crippen molar-refractivity contribution in [3.05, 3.63) is 78.8 Å². The Hall–Kier alpha value is -4.10. The molecule has 0 aliphatic heterocycles. The summed E-state index contributed by atoms with van der Waals surface area (Å²) in [6.07, 6.45) is 4.02. The van der Waals surface area contributed by atoms with Crippen molar-refractivity contribution >= 4 is 21.5 Å². The van der Waals surface area contributed by atoms with Crippen molar-refractivity contribution in [1.82, 2.24) is 19.6 Å². The van der Waals surface area contributed by atoms with Crippen LogP contribution in [0.5, 0.6) is 0 Å². The van der Waals surface area contributed by atoms with Crippen molar-refractivity contribution in [2.45, 2.75) is 4.90 Å². The summed E-state index contributed by atoms with van der Waals surface area (Å²) in [5.74, 6) is 0.121. The van der Waals surface area contributed by atoms with Gasteiger partial charge in [0, 0.05) is 0 Å². The number of nitrogens with one attached hydrogen (secondary N) is 1. The van der Waals surface area contributed by atoms with E-state index in [0.717, 1.165) is 5.69 Å². The molecule has 0 saturated heterocycles. The molecule has 144 valence electrons. The van der Waals surface area contributed by atoms with Crippen LogP contribution in [-0.4, -0.2) is 28.0 Å². The summed E-state index contributed by atoms with van der Waals surface area (Å²) in [7, 11) is -3.92. The highest BCUT2D eigenvalue weighted by molar-refractivity contribution is 7.92. The van der Waals surface area contributed by atoms with Gasteiger partial charge in [-0.2, -0.15) is 15.5 Å². The molecule has 0 spiro atoms. The van der Waals surface area contributed by atoms with Crippen molar-refractivity contribution in [1.29, 1.82) is 5.26 Å². The largest absolute Gasteiger partial charge is 0.382 e. The third-order valence-electron chi connectivity index (χ3n) is 4.19. The van der Waals surface area contributed by atoms with E-state index in [9.17, 15) is 8.42 Å². The van der Waals surface area contributed by atoms with Crippen molar-refractivity contribution in [3.63, 3.8) is 0 Å². The van der Waals surface area contributed by atoms with Crippen LogP contribution >= 0.6 is 0 Å². The van der Waals surface area contributed by atoms with E-state index in [1.54, 1.807) is 24.3 Å². The molecule has 4 rings (SSSR count). The molecule has 2 heterocycles. The SMILES string of the molecule is N#Cc1cnn(-c2ccccc2NS(=O)(=O)c2cnn(-c3ccccc3)c2)c1N. The van der Waals surface area contributed by atoms with Gasteiger partial charge >= 0.3 is 0 Å². The molecule has 10 heteroatoms. The second-order valence-electron chi connectivity index (χ2n) is 6.05. The Morgan fingerprint density at radius 3 is 2.45 bits per heavy atom. The fourth-order valence-corrected chi connectivity index (χ4v) is 3.76. The van der Waals surface area contributed by atoms with Gasteiger partial charge in [-0.3, -0.25) is 4.72 Å². The molecule has 0 bridgehead atoms. The van der Waals surface area contributed by atoms with Crippen LogP contribution in [0, 0.1) is 11.3 Å². The number of nitrogens with two attached hydrogens (primary N) is 1. The summed E-state index contributed by atoms with van der Waals surface area (Å²) in [4.78, 5) is 0.00214. The Morgan fingerprint density at radius 1 is 1.00 bits per heavy atom. The highest BCUT2D eigenvalue weighted by Crippen LogP contribution is 2.26. The molecule has 3 N–H and O–H groups in total. The van der Waals surface area contributed by atoms with Crippen LogP contribution < -0.4 is 10.5 Å². The second kappa shape index (κ2) is 7.14. The minimum absolute atomic E-state index is 0.00214. The van der Waals surface area contributed by atoms with E-state index >= 15 is 0 Å². The molecule has 2 aromatic carbocycles. The summed E-state index contributed by atoms with van der Waals surface area (Å²) in [5, 5.41) is 17.3. The molecule has 9 nitrogen and oxygen atoms in total. The number of aromatic nitrogens is 4. The topological polar surface area (TPSA) is 132 Å². The molecule has 0 aliphatic carbocycles. The smallest absolute Gasteiger partial charge is 0.265 e. The normalized spacial score (nSPS) is 11.1. The van der Waals surface area contributed by atoms with Crippen LogP contribution in [-0.2, 0) is 10.0 Å². The van der Waals surface area contributed by atoms with Gasteiger partial charge in [-0.15, -0.1) is 0 Å². The molecule has 0 unspecified atom stereocenters. The Balaban J connectivity index is 1.69. The van der Waals surface area contributed by atoms with E-state index in [1.807, 2.05) is 36.4 Å². The predicted octanol–water partition coefficient (Wildman–Crippen LogP) is 2.31. The van der Waals surface area contributed by atoms with E-state index in [0.29, 0.717) is 5.69 Å². The molecule has 0 radical (unpaired) electrons. The van der Waals surface area contributed by atoms with E-state index in [-0.39, 0.29) is 22.0 Å². The number of hydrogen-bond donors (Lipinski definition) is 2. The number of rotatable bonds is 5. The lowest BCUT2D eigenvalue weighted by Gasteiger charge is -2.12. The van der Waals surface area contributed by atoms with Gasteiger partial charge in [0.15, 0.2) is 0 Å². The molecule has 0 atom stereocenters. The van der Waals surface area contributed by atoms with Crippen LogP contribution in [0.3, 0.4) is 0 Å². The number of hydrogen-bond acceptors (Lipinski definition) is 6. The summed E-state index contributed by atoms with van der Waals surface area (Å²) >= 11 is 0. The van der Waals surface area contributed by atoms with Crippen LogP contribution in [0.25, 0.3) is 11.4 Å². The molecule has 0 fully saturated rings. The van der Waals surface area contributed by atoms with Gasteiger partial charge < -0.3 is 5.73 Å². The van der Waals surface area contributed by atoms with Crippen LogP contribution in [0.1, 0.15) is 5.56 Å². The Kier molecular flexibility index (Phi) is 4.50. The van der Waals surface area contributed by atoms with Gasteiger partial charge in [0.2, 0.25) is 0 Å². The number of benzene rings is 2. The van der Waals surface area contributed by atoms with E-state index in [2.05, 4.69) is 14.9 Å². The number of anilines is 2. The third kappa shape index (κ3) is 3.42. The van der Waals surface area contributed by atoms with E-state index in [1.165, 1.54) is 28.0 Å². The lowest BCUT2D eigenvalue weighted by atomic mass is 10.2. The molecular formula is C19H15N7O2S. The first kappa shape index (κ1) is 18.3. The maximum absolute atomic E-state index is 12.9. The third-order valence-corrected chi connectivity index (χ3v) is 5.51. The van der Waals surface area contributed by atoms with Crippen molar-refractivity contribution in [2.24, 2.45) is 0 Å². The first-order valence-corrected chi connectivity index (χ1v) is 9.94. The maximum atomic E-state index is 12.9. The molecule has 2 aromatic heterocycles. The molecule has 4 aromatic rings. The number of sulfonamides is 1. The van der Waals surface area contributed by atoms with Gasteiger partial charge in [-0.1, -0.05) is 30.3 Å². The lowest BCUT2D eigenvalue weighted by molar-refractivity contribution is 0.601. The first-order valence-electron chi connectivity index (χ1n) is 8.45. The Bertz CT molecular complexity index is 1320. The average Bonchev–Trinajstić information content (AvgIpc) is 3.36. The van der Waals surface area contributed by atoms with E-state index in [4.69, 9.17) is 11.0 Å². The quantitative estimate of drug-likeness (QED) is 0.524. The fraction of sp³-hybridized carbons (Fsp3) is 0. The second-order valence-corrected chi connectivity index (χ2v) is 7.73. The minimum atomic E-state index is -3.92. The number of nitrogens with zero attached hydrogens (tertiary/aromatic N) is 5. The van der Waals surface area contributed by atoms with Crippen molar-refractivity contribution < 1.29 is 8.42 Å². The van der Waals surface area contributed by atoms with Gasteiger partial charge in [0.1, 0.15) is 22.3 Å². The maximum Gasteiger partial charge on any atom is 0.265 e. The molecular weight excluding hydrogens is 390 g/mol. The highest BCUT2D eigenvalue weighted by atomic mass is 32.2. The van der Waals surface area contributed by atoms with Crippen LogP contribution in [0.2, 0.25) is 0 Å². The Morgan fingerprint density at radius 2 is 1.72 bits per heavy atom. The van der Waals surface area contributed by atoms with Gasteiger partial charge in [0.05, 0.1) is 35.7 Å². The summed E-state index contributed by atoms with van der Waals surface area (Å²) < 4.78 is 31.1. The molecule has 29 heavy (non-hydrogen) atoms.